The Morgan fingerprint density at radius 1 is 1.19 bits per heavy atom. The van der Waals surface area contributed by atoms with Crippen LogP contribution in [0.2, 0.25) is 0 Å². The molecule has 0 saturated heterocycles. The Kier molecular flexibility index (Phi) is 5.39. The topological polar surface area (TPSA) is 40.5 Å². The van der Waals surface area contributed by atoms with Crippen molar-refractivity contribution in [2.45, 2.75) is 19.8 Å². The highest BCUT2D eigenvalue weighted by Gasteiger charge is 2.20. The summed E-state index contributed by atoms with van der Waals surface area (Å²) in [6.45, 7) is 2.72. The molecule has 2 rings (SSSR count). The molecule has 0 aliphatic rings. The van der Waals surface area contributed by atoms with Gasteiger partial charge in [-0.15, -0.1) is 0 Å². The summed E-state index contributed by atoms with van der Waals surface area (Å²) in [5.74, 6) is -0.188. The molecule has 0 aromatic heterocycles. The van der Waals surface area contributed by atoms with E-state index in [2.05, 4.69) is 22.9 Å². The molecule has 0 spiro atoms. The summed E-state index contributed by atoms with van der Waals surface area (Å²) in [6.07, 6.45) is 1.92. The number of nitrogens with zero attached hydrogens (tertiary/aromatic N) is 1. The van der Waals surface area contributed by atoms with Gasteiger partial charge in [0.25, 0.3) is 5.91 Å². The monoisotopic (exact) mass is 347 g/mol. The number of phenolic OH excluding ortho intramolecular Hbond substituents is 1. The van der Waals surface area contributed by atoms with Crippen LogP contribution < -0.4 is 4.90 Å². The van der Waals surface area contributed by atoms with Crippen LogP contribution in [0.15, 0.2) is 53.0 Å². The number of rotatable bonds is 5. The SMILES string of the molecule is CCCCN(C(=O)c1ccc(Br)cc1O)c1ccccc1. The lowest BCUT2D eigenvalue weighted by molar-refractivity contribution is 0.0984. The molecule has 2 aromatic rings. The van der Waals surface area contributed by atoms with Crippen LogP contribution in [0, 0.1) is 0 Å². The quantitative estimate of drug-likeness (QED) is 0.858. The second kappa shape index (κ2) is 7.27. The third-order valence-corrected chi connectivity index (χ3v) is 3.73. The smallest absolute Gasteiger partial charge is 0.262 e. The Morgan fingerprint density at radius 2 is 1.90 bits per heavy atom. The van der Waals surface area contributed by atoms with Crippen molar-refractivity contribution in [3.63, 3.8) is 0 Å². The molecule has 0 heterocycles. The van der Waals surface area contributed by atoms with Crippen molar-refractivity contribution in [2.75, 3.05) is 11.4 Å². The number of carbonyl (C=O) groups excluding carboxylic acids is 1. The van der Waals surface area contributed by atoms with Gasteiger partial charge >= 0.3 is 0 Å². The molecule has 0 saturated carbocycles. The zero-order valence-corrected chi connectivity index (χ0v) is 13.5. The van der Waals surface area contributed by atoms with E-state index in [1.54, 1.807) is 17.0 Å². The summed E-state index contributed by atoms with van der Waals surface area (Å²) in [4.78, 5) is 14.4. The number of para-hydroxylation sites is 1. The number of halogens is 1. The molecule has 0 unspecified atom stereocenters. The Labute approximate surface area is 133 Å². The Hall–Kier alpha value is -1.81. The van der Waals surface area contributed by atoms with Gasteiger partial charge in [-0.2, -0.15) is 0 Å². The van der Waals surface area contributed by atoms with Gasteiger partial charge in [0.15, 0.2) is 0 Å². The molecule has 0 atom stereocenters. The zero-order valence-electron chi connectivity index (χ0n) is 11.9. The van der Waals surface area contributed by atoms with Gasteiger partial charge in [-0.1, -0.05) is 47.5 Å². The molecule has 2 aromatic carbocycles. The van der Waals surface area contributed by atoms with Crippen LogP contribution in [0.25, 0.3) is 0 Å². The minimum Gasteiger partial charge on any atom is -0.507 e. The van der Waals surface area contributed by atoms with Crippen LogP contribution in [0.4, 0.5) is 5.69 Å². The van der Waals surface area contributed by atoms with E-state index in [1.807, 2.05) is 30.3 Å². The average molecular weight is 348 g/mol. The lowest BCUT2D eigenvalue weighted by Gasteiger charge is -2.23. The van der Waals surface area contributed by atoms with E-state index in [1.165, 1.54) is 6.07 Å². The van der Waals surface area contributed by atoms with Gasteiger partial charge in [0.1, 0.15) is 5.75 Å². The summed E-state index contributed by atoms with van der Waals surface area (Å²) < 4.78 is 0.747. The third kappa shape index (κ3) is 3.85. The number of aromatic hydroxyl groups is 1. The minimum absolute atomic E-state index is 0.00759. The van der Waals surface area contributed by atoms with Gasteiger partial charge in [-0.25, -0.2) is 0 Å². The highest BCUT2D eigenvalue weighted by atomic mass is 79.9. The van der Waals surface area contributed by atoms with Crippen molar-refractivity contribution in [1.29, 1.82) is 0 Å². The van der Waals surface area contributed by atoms with Crippen molar-refractivity contribution in [2.24, 2.45) is 0 Å². The molecule has 0 aliphatic carbocycles. The summed E-state index contributed by atoms with van der Waals surface area (Å²) in [5.41, 5.74) is 1.16. The van der Waals surface area contributed by atoms with Crippen molar-refractivity contribution in [3.8, 4) is 5.75 Å². The van der Waals surface area contributed by atoms with Crippen LogP contribution in [0.3, 0.4) is 0 Å². The molecule has 4 heteroatoms. The third-order valence-electron chi connectivity index (χ3n) is 3.24. The van der Waals surface area contributed by atoms with Gasteiger partial charge in [0.2, 0.25) is 0 Å². The van der Waals surface area contributed by atoms with E-state index in [0.29, 0.717) is 12.1 Å². The summed E-state index contributed by atoms with van der Waals surface area (Å²) >= 11 is 3.28. The normalized spacial score (nSPS) is 10.4. The first-order valence-electron chi connectivity index (χ1n) is 6.99. The molecule has 0 radical (unpaired) electrons. The molecule has 0 aliphatic heterocycles. The van der Waals surface area contributed by atoms with Gasteiger partial charge in [0.05, 0.1) is 5.56 Å². The second-order valence-electron chi connectivity index (χ2n) is 4.81. The zero-order chi connectivity index (χ0) is 15.2. The van der Waals surface area contributed by atoms with Gasteiger partial charge < -0.3 is 10.0 Å². The Morgan fingerprint density at radius 3 is 2.52 bits per heavy atom. The van der Waals surface area contributed by atoms with Crippen LogP contribution in [-0.4, -0.2) is 17.6 Å². The summed E-state index contributed by atoms with van der Waals surface area (Å²) in [7, 11) is 0. The maximum Gasteiger partial charge on any atom is 0.262 e. The number of carbonyl (C=O) groups is 1. The number of hydrogen-bond acceptors (Lipinski definition) is 2. The average Bonchev–Trinajstić information content (AvgIpc) is 2.48. The maximum atomic E-state index is 12.7. The standard InChI is InChI=1S/C17H18BrNO2/c1-2-3-11-19(14-7-5-4-6-8-14)17(21)15-10-9-13(18)12-16(15)20/h4-10,12,20H,2-3,11H2,1H3. The van der Waals surface area contributed by atoms with E-state index in [4.69, 9.17) is 0 Å². The number of hydrogen-bond donors (Lipinski definition) is 1. The highest BCUT2D eigenvalue weighted by Crippen LogP contribution is 2.26. The molecule has 1 N–H and O–H groups in total. The Balaban J connectivity index is 2.34. The van der Waals surface area contributed by atoms with Crippen LogP contribution in [-0.2, 0) is 0 Å². The second-order valence-corrected chi connectivity index (χ2v) is 5.72. The van der Waals surface area contributed by atoms with Crippen molar-refractivity contribution in [1.82, 2.24) is 0 Å². The molecule has 110 valence electrons. The number of amides is 1. The number of anilines is 1. The van der Waals surface area contributed by atoms with Crippen LogP contribution in [0.5, 0.6) is 5.75 Å². The van der Waals surface area contributed by atoms with Crippen LogP contribution >= 0.6 is 15.9 Å². The molecule has 0 bridgehead atoms. The number of benzene rings is 2. The molecule has 0 fully saturated rings. The van der Waals surface area contributed by atoms with E-state index >= 15 is 0 Å². The van der Waals surface area contributed by atoms with Gasteiger partial charge in [0, 0.05) is 16.7 Å². The molecular formula is C17H18BrNO2. The number of phenols is 1. The molecule has 1 amide bonds. The summed E-state index contributed by atoms with van der Waals surface area (Å²) in [5, 5.41) is 10.0. The fourth-order valence-corrected chi connectivity index (χ4v) is 2.45. The lowest BCUT2D eigenvalue weighted by atomic mass is 10.1. The first kappa shape index (κ1) is 15.6. The summed E-state index contributed by atoms with van der Waals surface area (Å²) in [6, 6.07) is 14.5. The fourth-order valence-electron chi connectivity index (χ4n) is 2.10. The highest BCUT2D eigenvalue weighted by molar-refractivity contribution is 9.10. The minimum atomic E-state index is -0.181. The predicted octanol–water partition coefficient (Wildman–Crippen LogP) is 4.60. The van der Waals surface area contributed by atoms with Crippen molar-refractivity contribution in [3.05, 3.63) is 58.6 Å². The van der Waals surface area contributed by atoms with Gasteiger partial charge in [-0.3, -0.25) is 4.79 Å². The fraction of sp³-hybridized carbons (Fsp3) is 0.235. The van der Waals surface area contributed by atoms with E-state index in [-0.39, 0.29) is 11.7 Å². The lowest BCUT2D eigenvalue weighted by Crippen LogP contribution is -2.31. The van der Waals surface area contributed by atoms with E-state index in [9.17, 15) is 9.90 Å². The van der Waals surface area contributed by atoms with Crippen molar-refractivity contribution >= 4 is 27.5 Å². The first-order valence-corrected chi connectivity index (χ1v) is 7.78. The van der Waals surface area contributed by atoms with E-state index < -0.39 is 0 Å². The largest absolute Gasteiger partial charge is 0.507 e. The number of unbranched alkanes of at least 4 members (excludes halogenated alkanes) is 1. The van der Waals surface area contributed by atoms with E-state index in [0.717, 1.165) is 23.0 Å². The van der Waals surface area contributed by atoms with Crippen LogP contribution in [0.1, 0.15) is 30.1 Å². The first-order chi connectivity index (χ1) is 10.1. The Bertz CT molecular complexity index is 613. The van der Waals surface area contributed by atoms with Gasteiger partial charge in [-0.05, 0) is 36.8 Å². The predicted molar refractivity (Wildman–Crippen MR) is 88.8 cm³/mol. The van der Waals surface area contributed by atoms with Crippen molar-refractivity contribution < 1.29 is 9.90 Å². The maximum absolute atomic E-state index is 12.7. The molecule has 21 heavy (non-hydrogen) atoms. The molecule has 3 nitrogen and oxygen atoms in total. The molecular weight excluding hydrogens is 330 g/mol.